The molecule has 0 unspecified atom stereocenters. The molecule has 0 amide bonds. The Labute approximate surface area is 274 Å². The van der Waals surface area contributed by atoms with Gasteiger partial charge in [-0.05, 0) is 71.8 Å². The van der Waals surface area contributed by atoms with Gasteiger partial charge in [0.15, 0.2) is 0 Å². The summed E-state index contributed by atoms with van der Waals surface area (Å²) in [6, 6.07) is 18.5. The number of H-pyrrole nitrogens is 2. The summed E-state index contributed by atoms with van der Waals surface area (Å²) in [4.78, 5) is 60.5. The fraction of sp³-hybridized carbons (Fsp3) is 0.0909. The van der Waals surface area contributed by atoms with Crippen molar-refractivity contribution in [2.24, 2.45) is 0 Å². The fourth-order valence-corrected chi connectivity index (χ4v) is 5.00. The molecule has 238 valence electrons. The van der Waals surface area contributed by atoms with Crippen LogP contribution in [0.2, 0.25) is 10.0 Å². The molecule has 47 heavy (non-hydrogen) atoms. The van der Waals surface area contributed by atoms with E-state index in [4.69, 9.17) is 28.3 Å². The molecular formula is C33H24Cl2N4O8. The topological polar surface area (TPSA) is 196 Å². The first-order chi connectivity index (χ1) is 22.4. The van der Waals surface area contributed by atoms with Crippen molar-refractivity contribution in [3.8, 4) is 34.3 Å². The van der Waals surface area contributed by atoms with Crippen molar-refractivity contribution < 1.29 is 29.6 Å². The van der Waals surface area contributed by atoms with E-state index in [9.17, 15) is 29.4 Å². The van der Waals surface area contributed by atoms with E-state index in [0.29, 0.717) is 48.5 Å². The monoisotopic (exact) mass is 674 g/mol. The number of carbonyl (C=O) groups is 2. The first-order valence-electron chi connectivity index (χ1n) is 13.7. The Morgan fingerprint density at radius 2 is 1.15 bits per heavy atom. The molecule has 4 aromatic carbocycles. The number of aromatic nitrogens is 4. The SMILES string of the molecule is COC(=O)Cc1ccc(O)c(-c2nc3ccc(Cl)cc3c(=O)[nH]2)c1.O=C(O)Cc1ccc(O)c(-c2nc3ccc(Cl)cc3c(=O)[nH]2)c1. The van der Waals surface area contributed by atoms with E-state index in [1.807, 2.05) is 0 Å². The highest BCUT2D eigenvalue weighted by molar-refractivity contribution is 6.31. The van der Waals surface area contributed by atoms with E-state index in [1.165, 1.54) is 43.5 Å². The number of halogens is 2. The van der Waals surface area contributed by atoms with E-state index in [1.54, 1.807) is 36.4 Å². The van der Waals surface area contributed by atoms with Gasteiger partial charge >= 0.3 is 11.9 Å². The molecule has 6 rings (SSSR count). The lowest BCUT2D eigenvalue weighted by Crippen LogP contribution is -2.10. The Morgan fingerprint density at radius 1 is 0.702 bits per heavy atom. The average Bonchev–Trinajstić information content (AvgIpc) is 3.03. The number of ether oxygens (including phenoxy) is 1. The predicted octanol–water partition coefficient (Wildman–Crippen LogP) is 5.24. The molecule has 12 nitrogen and oxygen atoms in total. The number of aromatic amines is 2. The third-order valence-electron chi connectivity index (χ3n) is 6.90. The fourth-order valence-electron chi connectivity index (χ4n) is 4.66. The summed E-state index contributed by atoms with van der Waals surface area (Å²) in [6.45, 7) is 0. The number of hydrogen-bond acceptors (Lipinski definition) is 9. The molecule has 0 aliphatic heterocycles. The van der Waals surface area contributed by atoms with E-state index < -0.39 is 17.5 Å². The van der Waals surface area contributed by atoms with Crippen LogP contribution in [0.5, 0.6) is 11.5 Å². The molecule has 0 aliphatic rings. The van der Waals surface area contributed by atoms with Gasteiger partial charge in [-0.25, -0.2) is 9.97 Å². The summed E-state index contributed by atoms with van der Waals surface area (Å²) < 4.78 is 4.63. The van der Waals surface area contributed by atoms with Gasteiger partial charge < -0.3 is 30.0 Å². The zero-order valence-corrected chi connectivity index (χ0v) is 25.9. The molecule has 6 aromatic rings. The van der Waals surface area contributed by atoms with Gasteiger partial charge in [0.05, 0.1) is 52.9 Å². The van der Waals surface area contributed by atoms with Gasteiger partial charge in [0, 0.05) is 10.0 Å². The lowest BCUT2D eigenvalue weighted by atomic mass is 10.1. The van der Waals surface area contributed by atoms with Crippen molar-refractivity contribution in [1.29, 1.82) is 0 Å². The Balaban J connectivity index is 0.000000185. The molecule has 2 aromatic heterocycles. The minimum atomic E-state index is -0.990. The van der Waals surface area contributed by atoms with Crippen LogP contribution in [-0.2, 0) is 27.2 Å². The van der Waals surface area contributed by atoms with Crippen LogP contribution in [0.1, 0.15) is 11.1 Å². The molecule has 2 heterocycles. The van der Waals surface area contributed by atoms with Gasteiger partial charge in [-0.3, -0.25) is 19.2 Å². The predicted molar refractivity (Wildman–Crippen MR) is 176 cm³/mol. The number of hydrogen-bond donors (Lipinski definition) is 5. The van der Waals surface area contributed by atoms with E-state index >= 15 is 0 Å². The van der Waals surface area contributed by atoms with Gasteiger partial charge in [-0.2, -0.15) is 0 Å². The van der Waals surface area contributed by atoms with Crippen LogP contribution in [0.15, 0.2) is 82.4 Å². The lowest BCUT2D eigenvalue weighted by Gasteiger charge is -2.08. The maximum Gasteiger partial charge on any atom is 0.309 e. The molecule has 0 saturated carbocycles. The molecule has 0 fully saturated rings. The number of phenols is 2. The number of carboxylic acids is 1. The Morgan fingerprint density at radius 3 is 1.57 bits per heavy atom. The molecule has 0 saturated heterocycles. The van der Waals surface area contributed by atoms with Gasteiger partial charge in [0.1, 0.15) is 23.1 Å². The molecule has 14 heteroatoms. The quantitative estimate of drug-likeness (QED) is 0.146. The first-order valence-corrected chi connectivity index (χ1v) is 14.5. The third-order valence-corrected chi connectivity index (χ3v) is 7.37. The number of benzene rings is 4. The number of rotatable bonds is 6. The highest BCUT2D eigenvalue weighted by Crippen LogP contribution is 2.30. The second-order valence-corrected chi connectivity index (χ2v) is 11.1. The van der Waals surface area contributed by atoms with Gasteiger partial charge in [0.2, 0.25) is 0 Å². The highest BCUT2D eigenvalue weighted by Gasteiger charge is 2.14. The van der Waals surface area contributed by atoms with Crippen LogP contribution in [-0.4, -0.2) is 54.3 Å². The van der Waals surface area contributed by atoms with Crippen molar-refractivity contribution in [1.82, 2.24) is 19.9 Å². The molecule has 0 spiro atoms. The third kappa shape index (κ3) is 7.57. The number of carboxylic acid groups (broad SMARTS) is 1. The number of aromatic hydroxyl groups is 2. The minimum absolute atomic E-state index is 0.0528. The second-order valence-electron chi connectivity index (χ2n) is 10.2. The standard InChI is InChI=1S/C17H13ClN2O4.C16H11ClN2O4/c1-24-15(22)7-9-2-5-14(21)12(6-9)16-19-13-4-3-10(18)8-11(13)17(23)20-16;17-9-2-3-12-10(7-9)16(23)19-15(18-12)11-5-8(6-14(21)22)1-4-13(11)20/h2-6,8,21H,7H2,1H3,(H,19,20,23);1-5,7,20H,6H2,(H,21,22)(H,18,19,23). The Hall–Kier alpha value is -5.72. The van der Waals surface area contributed by atoms with Crippen LogP contribution in [0.4, 0.5) is 0 Å². The summed E-state index contributed by atoms with van der Waals surface area (Å²) in [5.74, 6) is -1.18. The van der Waals surface area contributed by atoms with Gasteiger partial charge in [-0.1, -0.05) is 35.3 Å². The number of nitrogens with one attached hydrogen (secondary N) is 2. The molecule has 5 N–H and O–H groups in total. The largest absolute Gasteiger partial charge is 0.507 e. The summed E-state index contributed by atoms with van der Waals surface area (Å²) in [5.41, 5.74) is 1.83. The summed E-state index contributed by atoms with van der Waals surface area (Å²) in [5, 5.41) is 30.5. The van der Waals surface area contributed by atoms with Crippen LogP contribution in [0, 0.1) is 0 Å². The lowest BCUT2D eigenvalue weighted by molar-refractivity contribution is -0.140. The first kappa shape index (κ1) is 32.7. The number of esters is 1. The molecule has 0 bridgehead atoms. The molecular weight excluding hydrogens is 651 g/mol. The van der Waals surface area contributed by atoms with Crippen molar-refractivity contribution >= 4 is 56.9 Å². The number of carbonyl (C=O) groups excluding carboxylic acids is 1. The van der Waals surface area contributed by atoms with Crippen molar-refractivity contribution in [3.63, 3.8) is 0 Å². The van der Waals surface area contributed by atoms with Crippen molar-refractivity contribution in [2.75, 3.05) is 7.11 Å². The normalized spacial score (nSPS) is 10.8. The second kappa shape index (κ2) is 13.7. The summed E-state index contributed by atoms with van der Waals surface area (Å²) >= 11 is 11.8. The highest BCUT2D eigenvalue weighted by atomic mass is 35.5. The van der Waals surface area contributed by atoms with Gasteiger partial charge in [-0.15, -0.1) is 0 Å². The molecule has 0 aliphatic carbocycles. The van der Waals surface area contributed by atoms with Gasteiger partial charge in [0.25, 0.3) is 11.1 Å². The van der Waals surface area contributed by atoms with Crippen LogP contribution < -0.4 is 11.1 Å². The van der Waals surface area contributed by atoms with E-state index in [-0.39, 0.29) is 47.1 Å². The smallest absolute Gasteiger partial charge is 0.309 e. The average molecular weight is 675 g/mol. The molecule has 0 radical (unpaired) electrons. The number of aliphatic carboxylic acids is 1. The number of phenolic OH excluding ortho intramolecular Hbond substituents is 2. The number of fused-ring (bicyclic) bond motifs is 2. The zero-order valence-electron chi connectivity index (χ0n) is 24.4. The Bertz CT molecular complexity index is 2300. The van der Waals surface area contributed by atoms with E-state index in [2.05, 4.69) is 24.7 Å². The maximum absolute atomic E-state index is 12.2. The zero-order chi connectivity index (χ0) is 33.8. The maximum atomic E-state index is 12.2. The number of methoxy groups -OCH3 is 1. The molecule has 0 atom stereocenters. The van der Waals surface area contributed by atoms with E-state index in [0.717, 1.165) is 0 Å². The van der Waals surface area contributed by atoms with Crippen molar-refractivity contribution in [2.45, 2.75) is 12.8 Å². The summed E-state index contributed by atoms with van der Waals surface area (Å²) in [6.07, 6.45) is -0.141. The van der Waals surface area contributed by atoms with Crippen LogP contribution in [0.3, 0.4) is 0 Å². The van der Waals surface area contributed by atoms with Crippen LogP contribution >= 0.6 is 23.2 Å². The summed E-state index contributed by atoms with van der Waals surface area (Å²) in [7, 11) is 1.30. The van der Waals surface area contributed by atoms with Crippen LogP contribution in [0.25, 0.3) is 44.6 Å². The van der Waals surface area contributed by atoms with Crippen molar-refractivity contribution in [3.05, 3.63) is 115 Å². The Kier molecular flexibility index (Phi) is 9.54. The minimum Gasteiger partial charge on any atom is -0.507 e. The number of nitrogens with zero attached hydrogens (tertiary/aromatic N) is 2.